The second kappa shape index (κ2) is 9.81. The summed E-state index contributed by atoms with van der Waals surface area (Å²) < 4.78 is 21.4. The zero-order chi connectivity index (χ0) is 26.1. The molecule has 1 saturated heterocycles. The van der Waals surface area contributed by atoms with Crippen molar-refractivity contribution in [2.24, 2.45) is 0 Å². The fraction of sp³-hybridized carbons (Fsp3) is 0.276. The largest absolute Gasteiger partial charge is 0.485 e. The van der Waals surface area contributed by atoms with Crippen LogP contribution in [-0.4, -0.2) is 38.8 Å². The summed E-state index contributed by atoms with van der Waals surface area (Å²) >= 11 is 0. The molecule has 2 aliphatic heterocycles. The standard InChI is InChI=1S/C29H29FN6O2/c30-23-8-4-7-21(13-23)18-38-25-14-22(17-32-27(25)31)24-15-26-29(10-12-36(26)34-24)9-11-35(19-29)28(37)33-16-20-5-2-1-3-6-20/h1-8,13-15,17H,9-12,16,18-19H2,(H2,31,32)(H,33,37)/t29-/m1/s1. The number of anilines is 1. The topological polar surface area (TPSA) is 98.3 Å². The third-order valence-electron chi connectivity index (χ3n) is 7.51. The van der Waals surface area contributed by atoms with Crippen LogP contribution in [0.25, 0.3) is 11.3 Å². The molecule has 2 aromatic carbocycles. The molecule has 2 aromatic heterocycles. The van der Waals surface area contributed by atoms with Crippen molar-refractivity contribution in [1.29, 1.82) is 0 Å². The predicted octanol–water partition coefficient (Wildman–Crippen LogP) is 4.50. The molecule has 2 amide bonds. The third-order valence-corrected chi connectivity index (χ3v) is 7.51. The lowest BCUT2D eigenvalue weighted by atomic mass is 9.82. The number of aromatic nitrogens is 3. The number of urea groups is 1. The Morgan fingerprint density at radius 2 is 1.87 bits per heavy atom. The minimum Gasteiger partial charge on any atom is -0.485 e. The van der Waals surface area contributed by atoms with Gasteiger partial charge in [0.25, 0.3) is 0 Å². The maximum atomic E-state index is 13.5. The van der Waals surface area contributed by atoms with Crippen molar-refractivity contribution < 1.29 is 13.9 Å². The van der Waals surface area contributed by atoms with Gasteiger partial charge in [-0.1, -0.05) is 42.5 Å². The van der Waals surface area contributed by atoms with Gasteiger partial charge in [0.1, 0.15) is 12.4 Å². The number of likely N-dealkylation sites (tertiary alicyclic amines) is 1. The first-order valence-electron chi connectivity index (χ1n) is 12.8. The van der Waals surface area contributed by atoms with E-state index in [0.717, 1.165) is 41.9 Å². The van der Waals surface area contributed by atoms with Gasteiger partial charge in [0, 0.05) is 49.0 Å². The second-order valence-corrected chi connectivity index (χ2v) is 10.0. The zero-order valence-electron chi connectivity index (χ0n) is 20.9. The van der Waals surface area contributed by atoms with E-state index in [9.17, 15) is 9.18 Å². The first-order valence-corrected chi connectivity index (χ1v) is 12.8. The van der Waals surface area contributed by atoms with Crippen LogP contribution in [0.4, 0.5) is 15.0 Å². The molecule has 2 aliphatic rings. The number of amides is 2. The number of nitrogens with two attached hydrogens (primary N) is 1. The summed E-state index contributed by atoms with van der Waals surface area (Å²) in [5.41, 5.74) is 10.5. The number of aryl methyl sites for hydroxylation is 1. The highest BCUT2D eigenvalue weighted by atomic mass is 19.1. The van der Waals surface area contributed by atoms with Gasteiger partial charge in [-0.25, -0.2) is 14.2 Å². The van der Waals surface area contributed by atoms with Crippen LogP contribution in [0.2, 0.25) is 0 Å². The normalized spacial score (nSPS) is 18.1. The molecule has 0 unspecified atom stereocenters. The van der Waals surface area contributed by atoms with Crippen molar-refractivity contribution in [2.75, 3.05) is 18.8 Å². The molecule has 0 bridgehead atoms. The average Bonchev–Trinajstić information content (AvgIpc) is 3.64. The van der Waals surface area contributed by atoms with Gasteiger partial charge in [-0.05, 0) is 48.2 Å². The number of hydrogen-bond acceptors (Lipinski definition) is 5. The van der Waals surface area contributed by atoms with Crippen molar-refractivity contribution in [3.8, 4) is 17.0 Å². The molecule has 0 aliphatic carbocycles. The van der Waals surface area contributed by atoms with E-state index < -0.39 is 0 Å². The van der Waals surface area contributed by atoms with Crippen molar-refractivity contribution in [3.63, 3.8) is 0 Å². The smallest absolute Gasteiger partial charge is 0.317 e. The number of ether oxygens (including phenoxy) is 1. The number of pyridine rings is 1. The lowest BCUT2D eigenvalue weighted by Gasteiger charge is -2.23. The Hall–Kier alpha value is -4.40. The van der Waals surface area contributed by atoms with Crippen LogP contribution in [0, 0.1) is 5.82 Å². The Balaban J connectivity index is 1.15. The molecule has 4 aromatic rings. The van der Waals surface area contributed by atoms with Crippen molar-refractivity contribution in [1.82, 2.24) is 25.0 Å². The van der Waals surface area contributed by atoms with E-state index in [1.165, 1.54) is 12.1 Å². The third kappa shape index (κ3) is 4.67. The van der Waals surface area contributed by atoms with Gasteiger partial charge in [0.2, 0.25) is 0 Å². The number of nitrogens with one attached hydrogen (secondary N) is 1. The van der Waals surface area contributed by atoms with Crippen LogP contribution < -0.4 is 15.8 Å². The van der Waals surface area contributed by atoms with E-state index >= 15 is 0 Å². The summed E-state index contributed by atoms with van der Waals surface area (Å²) in [5.74, 6) is 0.379. The summed E-state index contributed by atoms with van der Waals surface area (Å²) in [6, 6.07) is 20.1. The van der Waals surface area contributed by atoms with Gasteiger partial charge in [0.05, 0.1) is 5.69 Å². The van der Waals surface area contributed by atoms with Crippen LogP contribution >= 0.6 is 0 Å². The molecule has 6 rings (SSSR count). The summed E-state index contributed by atoms with van der Waals surface area (Å²) in [5, 5.41) is 7.89. The fourth-order valence-corrected chi connectivity index (χ4v) is 5.45. The zero-order valence-corrected chi connectivity index (χ0v) is 20.9. The molecule has 3 N–H and O–H groups in total. The molecule has 4 heterocycles. The molecule has 1 atom stereocenters. The van der Waals surface area contributed by atoms with E-state index in [1.54, 1.807) is 18.3 Å². The highest BCUT2D eigenvalue weighted by molar-refractivity contribution is 5.75. The van der Waals surface area contributed by atoms with Gasteiger partial charge < -0.3 is 20.7 Å². The first-order chi connectivity index (χ1) is 18.5. The highest BCUT2D eigenvalue weighted by Gasteiger charge is 2.46. The van der Waals surface area contributed by atoms with Crippen molar-refractivity contribution in [2.45, 2.75) is 38.0 Å². The van der Waals surface area contributed by atoms with E-state index in [0.29, 0.717) is 30.9 Å². The quantitative estimate of drug-likeness (QED) is 0.396. The van der Waals surface area contributed by atoms with Crippen molar-refractivity contribution >= 4 is 11.8 Å². The molecule has 1 fully saturated rings. The Morgan fingerprint density at radius 1 is 1.05 bits per heavy atom. The molecular weight excluding hydrogens is 483 g/mol. The molecular formula is C29H29FN6O2. The monoisotopic (exact) mass is 512 g/mol. The SMILES string of the molecule is Nc1ncc(-c2cc3n(n2)CC[C@@]32CCN(C(=O)NCc3ccccc3)C2)cc1OCc1cccc(F)c1. The number of rotatable bonds is 6. The van der Waals surface area contributed by atoms with Crippen LogP contribution in [0.5, 0.6) is 5.75 Å². The van der Waals surface area contributed by atoms with Gasteiger partial charge in [0.15, 0.2) is 11.6 Å². The maximum Gasteiger partial charge on any atom is 0.317 e. The lowest BCUT2D eigenvalue weighted by molar-refractivity contribution is 0.205. The summed E-state index contributed by atoms with van der Waals surface area (Å²) in [7, 11) is 0. The lowest BCUT2D eigenvalue weighted by Crippen LogP contribution is -2.40. The molecule has 1 spiro atoms. The number of fused-ring (bicyclic) bond motifs is 2. The Kier molecular flexibility index (Phi) is 6.19. The molecule has 0 saturated carbocycles. The van der Waals surface area contributed by atoms with E-state index in [2.05, 4.69) is 16.4 Å². The highest BCUT2D eigenvalue weighted by Crippen LogP contribution is 2.44. The van der Waals surface area contributed by atoms with Gasteiger partial charge >= 0.3 is 6.03 Å². The Labute approximate surface area is 220 Å². The van der Waals surface area contributed by atoms with Crippen LogP contribution in [0.3, 0.4) is 0 Å². The van der Waals surface area contributed by atoms with E-state index in [4.69, 9.17) is 15.6 Å². The summed E-state index contributed by atoms with van der Waals surface area (Å²) in [6.45, 7) is 2.88. The molecule has 38 heavy (non-hydrogen) atoms. The molecule has 9 heteroatoms. The number of benzene rings is 2. The van der Waals surface area contributed by atoms with Gasteiger partial charge in [-0.3, -0.25) is 4.68 Å². The number of nitrogen functional groups attached to an aromatic ring is 1. The van der Waals surface area contributed by atoms with Crippen LogP contribution in [-0.2, 0) is 25.1 Å². The maximum absolute atomic E-state index is 13.5. The van der Waals surface area contributed by atoms with Crippen molar-refractivity contribution in [3.05, 3.63) is 95.6 Å². The Morgan fingerprint density at radius 3 is 2.71 bits per heavy atom. The number of nitrogens with zero attached hydrogens (tertiary/aromatic N) is 4. The summed E-state index contributed by atoms with van der Waals surface area (Å²) in [6.07, 6.45) is 3.55. The molecule has 8 nitrogen and oxygen atoms in total. The van der Waals surface area contributed by atoms with E-state index in [-0.39, 0.29) is 29.7 Å². The predicted molar refractivity (Wildman–Crippen MR) is 142 cm³/mol. The number of halogens is 1. The molecule has 0 radical (unpaired) electrons. The van der Waals surface area contributed by atoms with Gasteiger partial charge in [-0.2, -0.15) is 5.10 Å². The average molecular weight is 513 g/mol. The van der Waals surface area contributed by atoms with Gasteiger partial charge in [-0.15, -0.1) is 0 Å². The minimum atomic E-state index is -0.313. The van der Waals surface area contributed by atoms with Crippen LogP contribution in [0.1, 0.15) is 29.7 Å². The summed E-state index contributed by atoms with van der Waals surface area (Å²) in [4.78, 5) is 19.1. The van der Waals surface area contributed by atoms with E-state index in [1.807, 2.05) is 46.0 Å². The second-order valence-electron chi connectivity index (χ2n) is 10.0. The fourth-order valence-electron chi connectivity index (χ4n) is 5.45. The number of carbonyl (C=O) groups is 1. The Bertz CT molecular complexity index is 1470. The number of hydrogen-bond donors (Lipinski definition) is 2. The number of carbonyl (C=O) groups excluding carboxylic acids is 1. The molecule has 194 valence electrons. The van der Waals surface area contributed by atoms with Crippen LogP contribution in [0.15, 0.2) is 72.9 Å². The first kappa shape index (κ1) is 24.0. The minimum absolute atomic E-state index is 0.0354.